The predicted octanol–water partition coefficient (Wildman–Crippen LogP) is 1.26. The van der Waals surface area contributed by atoms with E-state index in [1.165, 1.54) is 4.90 Å². The van der Waals surface area contributed by atoms with Crippen molar-refractivity contribution in [3.63, 3.8) is 0 Å². The maximum atomic E-state index is 12.1. The zero-order valence-electron chi connectivity index (χ0n) is 14.0. The molecule has 3 amide bonds. The van der Waals surface area contributed by atoms with Gasteiger partial charge >= 0.3 is 6.03 Å². The van der Waals surface area contributed by atoms with Crippen LogP contribution in [0.5, 0.6) is 0 Å². The van der Waals surface area contributed by atoms with Crippen molar-refractivity contribution in [3.05, 3.63) is 17.8 Å². The number of carbonyl (C=O) groups is 2. The van der Waals surface area contributed by atoms with Gasteiger partial charge in [0.05, 0.1) is 5.52 Å². The highest BCUT2D eigenvalue weighted by molar-refractivity contribution is 6.08. The number of nitrogens with zero attached hydrogens (tertiary/aromatic N) is 4. The number of carbonyl (C=O) groups excluding carboxylic acids is 2. The van der Waals surface area contributed by atoms with Crippen molar-refractivity contribution in [3.8, 4) is 0 Å². The molecule has 0 spiro atoms. The second-order valence-electron chi connectivity index (χ2n) is 6.02. The average Bonchev–Trinajstić information content (AvgIpc) is 2.89. The molecule has 1 aliphatic heterocycles. The molecule has 3 heterocycles. The Bertz CT molecular complexity index is 784. The van der Waals surface area contributed by atoms with Crippen molar-refractivity contribution < 1.29 is 9.59 Å². The van der Waals surface area contributed by atoms with Crippen LogP contribution in [0.2, 0.25) is 0 Å². The van der Waals surface area contributed by atoms with Gasteiger partial charge in [0.2, 0.25) is 5.91 Å². The lowest BCUT2D eigenvalue weighted by Gasteiger charge is -2.24. The molecule has 1 atom stereocenters. The Morgan fingerprint density at radius 1 is 1.42 bits per heavy atom. The van der Waals surface area contributed by atoms with Crippen molar-refractivity contribution in [2.75, 3.05) is 18.0 Å². The van der Waals surface area contributed by atoms with Crippen LogP contribution in [0, 0.1) is 0 Å². The molecule has 0 radical (unpaired) electrons. The van der Waals surface area contributed by atoms with Crippen molar-refractivity contribution in [1.29, 1.82) is 0 Å². The van der Waals surface area contributed by atoms with Gasteiger partial charge in [0.15, 0.2) is 5.82 Å². The Kier molecular flexibility index (Phi) is 4.48. The number of anilines is 1. The molecule has 24 heavy (non-hydrogen) atoms. The average molecular weight is 330 g/mol. The number of pyridine rings is 1. The second-order valence-corrected chi connectivity index (χ2v) is 6.02. The summed E-state index contributed by atoms with van der Waals surface area (Å²) in [5.74, 6) is 0.580. The summed E-state index contributed by atoms with van der Waals surface area (Å²) in [6, 6.07) is 1.61. The van der Waals surface area contributed by atoms with Crippen LogP contribution in [-0.4, -0.2) is 39.8 Å². The summed E-state index contributed by atoms with van der Waals surface area (Å²) in [5, 5.41) is 6.76. The molecule has 0 bridgehead atoms. The largest absolute Gasteiger partial charge is 0.330 e. The first-order valence-electron chi connectivity index (χ1n) is 8.19. The number of hydrogen-bond donors (Lipinski definition) is 2. The van der Waals surface area contributed by atoms with Gasteiger partial charge in [-0.2, -0.15) is 5.10 Å². The molecule has 1 unspecified atom stereocenters. The monoisotopic (exact) mass is 330 g/mol. The van der Waals surface area contributed by atoms with Gasteiger partial charge in [-0.05, 0) is 36.9 Å². The van der Waals surface area contributed by atoms with E-state index in [1.54, 1.807) is 4.68 Å². The highest BCUT2D eigenvalue weighted by Crippen LogP contribution is 2.29. The van der Waals surface area contributed by atoms with Crippen LogP contribution in [0.3, 0.4) is 0 Å². The van der Waals surface area contributed by atoms with Gasteiger partial charge < -0.3 is 5.73 Å². The van der Waals surface area contributed by atoms with Gasteiger partial charge in [-0.15, -0.1) is 0 Å². The Balaban J connectivity index is 2.00. The van der Waals surface area contributed by atoms with Crippen LogP contribution >= 0.6 is 0 Å². The number of aryl methyl sites for hydroxylation is 1. The van der Waals surface area contributed by atoms with E-state index in [9.17, 15) is 9.59 Å². The number of imide groups is 1. The fourth-order valence-electron chi connectivity index (χ4n) is 3.11. The van der Waals surface area contributed by atoms with E-state index in [0.29, 0.717) is 30.3 Å². The number of urea groups is 1. The summed E-state index contributed by atoms with van der Waals surface area (Å²) in [5.41, 5.74) is 8.35. The highest BCUT2D eigenvalue weighted by Gasteiger charge is 2.28. The summed E-state index contributed by atoms with van der Waals surface area (Å²) in [7, 11) is 1.83. The van der Waals surface area contributed by atoms with E-state index in [-0.39, 0.29) is 12.3 Å². The summed E-state index contributed by atoms with van der Waals surface area (Å²) in [4.78, 5) is 29.4. The van der Waals surface area contributed by atoms with Crippen LogP contribution in [0.1, 0.15) is 37.7 Å². The minimum absolute atomic E-state index is 0.260. The van der Waals surface area contributed by atoms with Crippen molar-refractivity contribution in [1.82, 2.24) is 20.1 Å². The minimum atomic E-state index is -0.452. The number of aromatic nitrogens is 3. The molecular formula is C16H22N6O2. The van der Waals surface area contributed by atoms with Gasteiger partial charge in [0.25, 0.3) is 0 Å². The van der Waals surface area contributed by atoms with Crippen LogP contribution < -0.4 is 16.0 Å². The molecule has 2 aromatic heterocycles. The molecule has 128 valence electrons. The Labute approximate surface area is 140 Å². The highest BCUT2D eigenvalue weighted by atomic mass is 16.2. The normalized spacial score (nSPS) is 16.5. The summed E-state index contributed by atoms with van der Waals surface area (Å²) in [6.07, 6.45) is 4.00. The SMILES string of the molecule is CCC(CCN)c1cnc2c(N3CCC(=O)NC3=O)nn(C)c2c1. The molecule has 0 saturated carbocycles. The van der Waals surface area contributed by atoms with E-state index in [2.05, 4.69) is 28.4 Å². The number of fused-ring (bicyclic) bond motifs is 1. The summed E-state index contributed by atoms with van der Waals surface area (Å²) >= 11 is 0. The molecule has 1 aliphatic rings. The first-order valence-corrected chi connectivity index (χ1v) is 8.19. The van der Waals surface area contributed by atoms with E-state index >= 15 is 0 Å². The maximum Gasteiger partial charge on any atom is 0.329 e. The number of nitrogens with two attached hydrogens (primary N) is 1. The van der Waals surface area contributed by atoms with Crippen molar-refractivity contribution in [2.45, 2.75) is 32.1 Å². The van der Waals surface area contributed by atoms with E-state index in [1.807, 2.05) is 13.2 Å². The standard InChI is InChI=1S/C16H22N6O2/c1-3-10(4-6-17)11-8-12-14(18-9-11)15(20-21(12)2)22-7-5-13(23)19-16(22)24/h8-10H,3-7,17H2,1-2H3,(H,19,23,24). The molecule has 8 nitrogen and oxygen atoms in total. The smallest absolute Gasteiger partial charge is 0.329 e. The molecule has 2 aromatic rings. The minimum Gasteiger partial charge on any atom is -0.330 e. The summed E-state index contributed by atoms with van der Waals surface area (Å²) in [6.45, 7) is 3.08. The van der Waals surface area contributed by atoms with Gasteiger partial charge in [-0.25, -0.2) is 4.79 Å². The lowest BCUT2D eigenvalue weighted by atomic mass is 9.94. The number of amides is 3. The zero-order valence-corrected chi connectivity index (χ0v) is 14.0. The molecule has 1 saturated heterocycles. The first kappa shape index (κ1) is 16.4. The molecule has 1 fully saturated rings. The third-order valence-corrected chi connectivity index (χ3v) is 4.48. The second kappa shape index (κ2) is 6.56. The van der Waals surface area contributed by atoms with Crippen LogP contribution in [0.4, 0.5) is 10.6 Å². The molecule has 3 rings (SSSR count). The van der Waals surface area contributed by atoms with Crippen LogP contribution in [-0.2, 0) is 11.8 Å². The molecule has 0 aliphatic carbocycles. The fraction of sp³-hybridized carbons (Fsp3) is 0.500. The zero-order chi connectivity index (χ0) is 17.3. The van der Waals surface area contributed by atoms with E-state index in [0.717, 1.165) is 23.9 Å². The van der Waals surface area contributed by atoms with Crippen molar-refractivity contribution in [2.24, 2.45) is 12.8 Å². The van der Waals surface area contributed by atoms with Gasteiger partial charge in [-0.1, -0.05) is 6.92 Å². The topological polar surface area (TPSA) is 106 Å². The van der Waals surface area contributed by atoms with Gasteiger partial charge in [-0.3, -0.25) is 24.7 Å². The molecule has 0 aromatic carbocycles. The quantitative estimate of drug-likeness (QED) is 0.858. The lowest BCUT2D eigenvalue weighted by molar-refractivity contribution is -0.120. The third kappa shape index (κ3) is 2.84. The summed E-state index contributed by atoms with van der Waals surface area (Å²) < 4.78 is 1.72. The van der Waals surface area contributed by atoms with Crippen LogP contribution in [0.15, 0.2) is 12.3 Å². The lowest BCUT2D eigenvalue weighted by Crippen LogP contribution is -2.49. The Hall–Kier alpha value is -2.48. The van der Waals surface area contributed by atoms with Gasteiger partial charge in [0.1, 0.15) is 5.52 Å². The predicted molar refractivity (Wildman–Crippen MR) is 90.7 cm³/mol. The van der Waals surface area contributed by atoms with Crippen LogP contribution in [0.25, 0.3) is 11.0 Å². The van der Waals surface area contributed by atoms with E-state index in [4.69, 9.17) is 5.73 Å². The number of hydrogen-bond acceptors (Lipinski definition) is 5. The Morgan fingerprint density at radius 2 is 2.21 bits per heavy atom. The first-order chi connectivity index (χ1) is 11.5. The van der Waals surface area contributed by atoms with Gasteiger partial charge in [0, 0.05) is 26.2 Å². The Morgan fingerprint density at radius 3 is 2.88 bits per heavy atom. The fourth-order valence-corrected chi connectivity index (χ4v) is 3.11. The molecule has 8 heteroatoms. The maximum absolute atomic E-state index is 12.1. The molecular weight excluding hydrogens is 308 g/mol. The van der Waals surface area contributed by atoms with E-state index < -0.39 is 6.03 Å². The number of nitrogens with one attached hydrogen (secondary N) is 1. The van der Waals surface area contributed by atoms with Crippen molar-refractivity contribution >= 4 is 28.8 Å². The number of rotatable bonds is 5. The third-order valence-electron chi connectivity index (χ3n) is 4.48. The molecule has 3 N–H and O–H groups in total.